The van der Waals surface area contributed by atoms with Crippen molar-refractivity contribution in [3.8, 4) is 6.07 Å². The van der Waals surface area contributed by atoms with Crippen LogP contribution in [-0.2, 0) is 10.0 Å². The van der Waals surface area contributed by atoms with Crippen LogP contribution in [0.5, 0.6) is 0 Å². The maximum Gasteiger partial charge on any atom is 0.213 e. The van der Waals surface area contributed by atoms with Gasteiger partial charge in [0.25, 0.3) is 0 Å². The van der Waals surface area contributed by atoms with Gasteiger partial charge in [0.05, 0.1) is 23.0 Å². The number of sulfonamides is 1. The molecule has 2 N–H and O–H groups in total. The molecule has 2 aromatic rings. The van der Waals surface area contributed by atoms with Crippen LogP contribution in [0.3, 0.4) is 0 Å². The monoisotopic (exact) mass is 420 g/mol. The van der Waals surface area contributed by atoms with E-state index < -0.39 is 21.7 Å². The lowest BCUT2D eigenvalue weighted by Gasteiger charge is -2.46. The van der Waals surface area contributed by atoms with Crippen molar-refractivity contribution in [2.24, 2.45) is 0 Å². The summed E-state index contributed by atoms with van der Waals surface area (Å²) in [5.74, 6) is -0.00225. The van der Waals surface area contributed by atoms with Crippen molar-refractivity contribution in [3.63, 3.8) is 0 Å². The molecule has 1 fully saturated rings. The summed E-state index contributed by atoms with van der Waals surface area (Å²) in [7, 11) is -3.35. The van der Waals surface area contributed by atoms with Gasteiger partial charge in [0.15, 0.2) is 5.65 Å². The van der Waals surface area contributed by atoms with Crippen molar-refractivity contribution < 1.29 is 12.8 Å². The highest BCUT2D eigenvalue weighted by atomic mass is 32.2. The smallest absolute Gasteiger partial charge is 0.213 e. The molecule has 0 aromatic carbocycles. The first-order valence-electron chi connectivity index (χ1n) is 9.31. The maximum atomic E-state index is 14.9. The van der Waals surface area contributed by atoms with Crippen LogP contribution in [0.1, 0.15) is 25.5 Å². The van der Waals surface area contributed by atoms with Crippen molar-refractivity contribution in [2.45, 2.75) is 31.5 Å². The molecule has 29 heavy (non-hydrogen) atoms. The molecule has 2 aliphatic rings. The molecule has 0 spiro atoms. The van der Waals surface area contributed by atoms with Gasteiger partial charge in [-0.25, -0.2) is 32.5 Å². The number of nitrogens with zero attached hydrogens (tertiary/aromatic N) is 6. The first-order chi connectivity index (χ1) is 13.9. The van der Waals surface area contributed by atoms with Gasteiger partial charge in [-0.3, -0.25) is 5.10 Å². The first-order valence-corrected chi connectivity index (χ1v) is 10.9. The van der Waals surface area contributed by atoms with Crippen LogP contribution in [0, 0.1) is 11.3 Å². The minimum atomic E-state index is -3.35. The van der Waals surface area contributed by atoms with Gasteiger partial charge in [-0.05, 0) is 19.8 Å². The maximum absolute atomic E-state index is 14.9. The Bertz CT molecular complexity index is 1080. The second-order valence-corrected chi connectivity index (χ2v) is 9.37. The number of halogens is 1. The van der Waals surface area contributed by atoms with Gasteiger partial charge in [0.1, 0.15) is 17.9 Å². The lowest BCUT2D eigenvalue weighted by molar-refractivity contribution is 0.00469. The van der Waals surface area contributed by atoms with E-state index in [9.17, 15) is 18.1 Å². The number of aromatic amines is 1. The van der Waals surface area contributed by atoms with Gasteiger partial charge in [-0.1, -0.05) is 0 Å². The highest BCUT2D eigenvalue weighted by molar-refractivity contribution is 7.89. The zero-order valence-electron chi connectivity index (χ0n) is 15.8. The van der Waals surface area contributed by atoms with Crippen LogP contribution in [0.25, 0.3) is 16.6 Å². The zero-order valence-corrected chi connectivity index (χ0v) is 16.7. The second-order valence-electron chi connectivity index (χ2n) is 7.11. The molecule has 1 saturated heterocycles. The van der Waals surface area contributed by atoms with Crippen LogP contribution in [-0.4, -0.2) is 75.0 Å². The number of alkyl halides is 1. The fourth-order valence-electron chi connectivity index (χ4n) is 3.94. The molecule has 2 aliphatic heterocycles. The third kappa shape index (κ3) is 3.25. The van der Waals surface area contributed by atoms with Crippen LogP contribution < -0.4 is 5.43 Å². The second kappa shape index (κ2) is 7.33. The number of piperidine rings is 1. The summed E-state index contributed by atoms with van der Waals surface area (Å²) in [6, 6.07) is 1.71. The molecule has 154 valence electrons. The molecule has 4 rings (SSSR count). The summed E-state index contributed by atoms with van der Waals surface area (Å²) in [4.78, 5) is 8.45. The normalized spacial score (nSPS) is 21.1. The molecule has 12 heteroatoms. The molecule has 0 aliphatic carbocycles. The lowest BCUT2D eigenvalue weighted by atomic mass is 9.83. The van der Waals surface area contributed by atoms with Gasteiger partial charge in [-0.2, -0.15) is 10.4 Å². The minimum Gasteiger partial charge on any atom is -0.305 e. The lowest BCUT2D eigenvalue weighted by Crippen LogP contribution is -2.61. The molecule has 1 atom stereocenters. The Labute approximate surface area is 167 Å². The zero-order chi connectivity index (χ0) is 20.6. The van der Waals surface area contributed by atoms with Crippen LogP contribution in [0.15, 0.2) is 18.7 Å². The Morgan fingerprint density at radius 1 is 1.38 bits per heavy atom. The molecular formula is C17H21FN8O2S. The van der Waals surface area contributed by atoms with Gasteiger partial charge >= 0.3 is 0 Å². The molecule has 2 aromatic heterocycles. The number of hydrogen-bond acceptors (Lipinski definition) is 8. The van der Waals surface area contributed by atoms with Crippen molar-refractivity contribution in [1.82, 2.24) is 34.9 Å². The number of rotatable bonds is 5. The SMILES string of the molecule is CCS(=O)(=O)N1CCC(C(F)C#N)(N2C=C(c3ncnc4[nH]ncc34)CN2)CC1. The summed E-state index contributed by atoms with van der Waals surface area (Å²) in [6.07, 6.45) is 3.42. The van der Waals surface area contributed by atoms with E-state index in [2.05, 4.69) is 25.6 Å². The Hall–Kier alpha value is -2.62. The van der Waals surface area contributed by atoms with Gasteiger partial charge in [-0.15, -0.1) is 0 Å². The van der Waals surface area contributed by atoms with E-state index in [-0.39, 0.29) is 31.7 Å². The van der Waals surface area contributed by atoms with E-state index >= 15 is 0 Å². The highest BCUT2D eigenvalue weighted by Crippen LogP contribution is 2.37. The van der Waals surface area contributed by atoms with Crippen molar-refractivity contribution >= 4 is 26.6 Å². The van der Waals surface area contributed by atoms with Crippen LogP contribution >= 0.6 is 0 Å². The highest BCUT2D eigenvalue weighted by Gasteiger charge is 2.49. The molecule has 0 saturated carbocycles. The average molecular weight is 420 g/mol. The van der Waals surface area contributed by atoms with Crippen molar-refractivity contribution in [1.29, 1.82) is 5.26 Å². The van der Waals surface area contributed by atoms with E-state index in [0.29, 0.717) is 17.9 Å². The summed E-state index contributed by atoms with van der Waals surface area (Å²) in [5.41, 5.74) is 4.08. The third-order valence-electron chi connectivity index (χ3n) is 5.69. The third-order valence-corrected chi connectivity index (χ3v) is 7.57. The van der Waals surface area contributed by atoms with Gasteiger partial charge in [0.2, 0.25) is 16.2 Å². The molecule has 0 radical (unpaired) electrons. The minimum absolute atomic E-state index is 0.00225. The average Bonchev–Trinajstić information content (AvgIpc) is 3.42. The van der Waals surface area contributed by atoms with Crippen molar-refractivity contribution in [3.05, 3.63) is 24.4 Å². The molecule has 0 bridgehead atoms. The fraction of sp³-hybridized carbons (Fsp3) is 0.529. The van der Waals surface area contributed by atoms with Crippen LogP contribution in [0.2, 0.25) is 0 Å². The number of fused-ring (bicyclic) bond motifs is 1. The standard InChI is InChI=1S/C17H21FN8O2S/c1-2-29(27,28)25-5-3-17(4-6-25,14(18)7-19)26-10-12(8-23-26)15-13-9-22-24-16(13)21-11-20-15/h9-11,14,23H,2-6,8H2,1H3,(H,20,21,22,24). The Morgan fingerprint density at radius 2 is 2.14 bits per heavy atom. The molecular weight excluding hydrogens is 399 g/mol. The van der Waals surface area contributed by atoms with E-state index in [4.69, 9.17) is 0 Å². The van der Waals surface area contributed by atoms with E-state index in [1.54, 1.807) is 30.4 Å². The van der Waals surface area contributed by atoms with Gasteiger partial charge < -0.3 is 5.01 Å². The Morgan fingerprint density at radius 3 is 2.83 bits per heavy atom. The number of aromatic nitrogens is 4. The number of hydrazine groups is 1. The largest absolute Gasteiger partial charge is 0.305 e. The fourth-order valence-corrected chi connectivity index (χ4v) is 5.04. The summed E-state index contributed by atoms with van der Waals surface area (Å²) >= 11 is 0. The quantitative estimate of drug-likeness (QED) is 0.717. The topological polar surface area (TPSA) is 131 Å². The van der Waals surface area contributed by atoms with E-state index in [1.165, 1.54) is 10.6 Å². The molecule has 10 nitrogen and oxygen atoms in total. The molecule has 0 amide bonds. The number of nitriles is 1. The van der Waals surface area contributed by atoms with Crippen molar-refractivity contribution in [2.75, 3.05) is 25.4 Å². The predicted molar refractivity (Wildman–Crippen MR) is 103 cm³/mol. The van der Waals surface area contributed by atoms with Gasteiger partial charge in [0, 0.05) is 31.4 Å². The first kappa shape index (κ1) is 19.7. The summed E-state index contributed by atoms with van der Waals surface area (Å²) in [5, 5.41) is 18.5. The van der Waals surface area contributed by atoms with E-state index in [0.717, 1.165) is 11.0 Å². The number of H-pyrrole nitrogens is 1. The van der Waals surface area contributed by atoms with Crippen LogP contribution in [0.4, 0.5) is 4.39 Å². The summed E-state index contributed by atoms with van der Waals surface area (Å²) in [6.45, 7) is 2.31. The predicted octanol–water partition coefficient (Wildman–Crippen LogP) is 0.560. The molecule has 1 unspecified atom stereocenters. The Balaban J connectivity index is 1.64. The molecule has 4 heterocycles. The number of nitrogens with one attached hydrogen (secondary N) is 2. The Kier molecular flexibility index (Phi) is 4.97. The van der Waals surface area contributed by atoms with E-state index in [1.807, 2.05) is 0 Å². The summed E-state index contributed by atoms with van der Waals surface area (Å²) < 4.78 is 40.6. The number of hydrogen-bond donors (Lipinski definition) is 2.